The smallest absolute Gasteiger partial charge is 0.214 e. The highest BCUT2D eigenvalue weighted by molar-refractivity contribution is 7.90. The number of nitrogens with one attached hydrogen (secondary N) is 1. The molecule has 1 fully saturated rings. The SMILES string of the molecule is CC(CCCCl)NS(=O)(=O)C1CCOCC1. The van der Waals surface area contributed by atoms with Gasteiger partial charge in [0.25, 0.3) is 0 Å². The molecule has 1 aliphatic heterocycles. The Kier molecular flexibility index (Phi) is 6.03. The number of sulfonamides is 1. The Hall–Kier alpha value is 0.160. The minimum atomic E-state index is -3.19. The highest BCUT2D eigenvalue weighted by atomic mass is 35.5. The van der Waals surface area contributed by atoms with Gasteiger partial charge in [0.2, 0.25) is 10.0 Å². The summed E-state index contributed by atoms with van der Waals surface area (Å²) in [5.41, 5.74) is 0. The van der Waals surface area contributed by atoms with Crippen LogP contribution in [-0.4, -0.2) is 38.8 Å². The molecule has 0 aromatic rings. The van der Waals surface area contributed by atoms with Crippen molar-refractivity contribution in [3.63, 3.8) is 0 Å². The van der Waals surface area contributed by atoms with Crippen molar-refractivity contribution in [1.29, 1.82) is 0 Å². The summed E-state index contributed by atoms with van der Waals surface area (Å²) in [4.78, 5) is 0. The van der Waals surface area contributed by atoms with Crippen LogP contribution in [0.3, 0.4) is 0 Å². The molecule has 0 spiro atoms. The lowest BCUT2D eigenvalue weighted by molar-refractivity contribution is 0.0981. The monoisotopic (exact) mass is 269 g/mol. The molecule has 0 saturated carbocycles. The van der Waals surface area contributed by atoms with Gasteiger partial charge in [-0.1, -0.05) is 0 Å². The Morgan fingerprint density at radius 2 is 2.06 bits per heavy atom. The molecule has 0 aromatic carbocycles. The molecular formula is C10H20ClNO3S. The van der Waals surface area contributed by atoms with Crippen molar-refractivity contribution < 1.29 is 13.2 Å². The van der Waals surface area contributed by atoms with E-state index in [9.17, 15) is 8.42 Å². The van der Waals surface area contributed by atoms with Gasteiger partial charge in [0.15, 0.2) is 0 Å². The molecule has 0 bridgehead atoms. The van der Waals surface area contributed by atoms with Crippen LogP contribution in [0.15, 0.2) is 0 Å². The number of hydrogen-bond acceptors (Lipinski definition) is 3. The highest BCUT2D eigenvalue weighted by Crippen LogP contribution is 2.15. The van der Waals surface area contributed by atoms with Crippen molar-refractivity contribution >= 4 is 21.6 Å². The van der Waals surface area contributed by atoms with Gasteiger partial charge in [-0.3, -0.25) is 0 Å². The molecule has 0 amide bonds. The summed E-state index contributed by atoms with van der Waals surface area (Å²) in [6.45, 7) is 2.96. The Balaban J connectivity index is 2.43. The zero-order valence-corrected chi connectivity index (χ0v) is 11.2. The van der Waals surface area contributed by atoms with Gasteiger partial charge >= 0.3 is 0 Å². The van der Waals surface area contributed by atoms with E-state index in [2.05, 4.69) is 4.72 Å². The van der Waals surface area contributed by atoms with E-state index in [-0.39, 0.29) is 11.3 Å². The Morgan fingerprint density at radius 1 is 1.44 bits per heavy atom. The molecule has 1 heterocycles. The van der Waals surface area contributed by atoms with Crippen LogP contribution in [0.25, 0.3) is 0 Å². The number of rotatable bonds is 6. The highest BCUT2D eigenvalue weighted by Gasteiger charge is 2.28. The molecule has 96 valence electrons. The van der Waals surface area contributed by atoms with Crippen LogP contribution < -0.4 is 4.72 Å². The van der Waals surface area contributed by atoms with E-state index >= 15 is 0 Å². The van der Waals surface area contributed by atoms with Crippen LogP contribution in [0.1, 0.15) is 32.6 Å². The van der Waals surface area contributed by atoms with Gasteiger partial charge in [-0.25, -0.2) is 13.1 Å². The fraction of sp³-hybridized carbons (Fsp3) is 1.00. The average Bonchev–Trinajstić information content (AvgIpc) is 2.27. The third-order valence-corrected chi connectivity index (χ3v) is 5.09. The predicted octanol–water partition coefficient (Wildman–Crippen LogP) is 1.49. The van der Waals surface area contributed by atoms with Gasteiger partial charge in [-0.15, -0.1) is 11.6 Å². The molecule has 1 atom stereocenters. The topological polar surface area (TPSA) is 55.4 Å². The van der Waals surface area contributed by atoms with Crippen LogP contribution in [0.4, 0.5) is 0 Å². The quantitative estimate of drug-likeness (QED) is 0.744. The zero-order chi connectivity index (χ0) is 12.0. The van der Waals surface area contributed by atoms with Crippen LogP contribution in [0.2, 0.25) is 0 Å². The summed E-state index contributed by atoms with van der Waals surface area (Å²) in [6, 6.07) is -0.0356. The maximum absolute atomic E-state index is 12.0. The maximum Gasteiger partial charge on any atom is 0.214 e. The summed E-state index contributed by atoms with van der Waals surface area (Å²) in [6.07, 6.45) is 2.81. The van der Waals surface area contributed by atoms with Gasteiger partial charge in [0.1, 0.15) is 0 Å². The normalized spacial score (nSPS) is 20.9. The summed E-state index contributed by atoms with van der Waals surface area (Å²) in [7, 11) is -3.19. The fourth-order valence-electron chi connectivity index (χ4n) is 1.81. The lowest BCUT2D eigenvalue weighted by atomic mass is 10.2. The third kappa shape index (κ3) is 4.57. The van der Waals surface area contributed by atoms with E-state index in [4.69, 9.17) is 16.3 Å². The second kappa shape index (κ2) is 6.79. The number of halogens is 1. The molecule has 1 unspecified atom stereocenters. The summed E-state index contributed by atoms with van der Waals surface area (Å²) >= 11 is 5.57. The van der Waals surface area contributed by atoms with Gasteiger partial charge < -0.3 is 4.74 Å². The standard InChI is InChI=1S/C10H20ClNO3S/c1-9(3-2-6-11)12-16(13,14)10-4-7-15-8-5-10/h9-10,12H,2-8H2,1H3. The largest absolute Gasteiger partial charge is 0.381 e. The molecule has 0 radical (unpaired) electrons. The summed E-state index contributed by atoms with van der Waals surface area (Å²) < 4.78 is 31.8. The van der Waals surface area contributed by atoms with E-state index in [1.165, 1.54) is 0 Å². The fourth-order valence-corrected chi connectivity index (χ4v) is 3.64. The summed E-state index contributed by atoms with van der Waals surface area (Å²) in [5, 5.41) is -0.292. The Bertz CT molecular complexity index is 288. The Morgan fingerprint density at radius 3 is 2.62 bits per heavy atom. The summed E-state index contributed by atoms with van der Waals surface area (Å²) in [5.74, 6) is 0.573. The maximum atomic E-state index is 12.0. The molecular weight excluding hydrogens is 250 g/mol. The Labute approximate surface area is 103 Å². The second-order valence-corrected chi connectivity index (χ2v) is 6.58. The second-order valence-electron chi connectivity index (χ2n) is 4.21. The van der Waals surface area contributed by atoms with Crippen molar-refractivity contribution in [1.82, 2.24) is 4.72 Å². The first-order valence-corrected chi connectivity index (χ1v) is 7.79. The third-order valence-electron chi connectivity index (χ3n) is 2.74. The van der Waals surface area contributed by atoms with Crippen molar-refractivity contribution in [3.05, 3.63) is 0 Å². The first-order valence-electron chi connectivity index (χ1n) is 5.71. The van der Waals surface area contributed by atoms with Crippen LogP contribution in [0.5, 0.6) is 0 Å². The van der Waals surface area contributed by atoms with Crippen LogP contribution in [0, 0.1) is 0 Å². The molecule has 1 saturated heterocycles. The van der Waals surface area contributed by atoms with E-state index in [0.29, 0.717) is 31.9 Å². The molecule has 1 rings (SSSR count). The first-order chi connectivity index (χ1) is 7.56. The van der Waals surface area contributed by atoms with E-state index < -0.39 is 10.0 Å². The van der Waals surface area contributed by atoms with E-state index in [0.717, 1.165) is 12.8 Å². The van der Waals surface area contributed by atoms with Crippen molar-refractivity contribution in [3.8, 4) is 0 Å². The zero-order valence-electron chi connectivity index (χ0n) is 9.62. The number of ether oxygens (including phenoxy) is 1. The van der Waals surface area contributed by atoms with Crippen molar-refractivity contribution in [2.24, 2.45) is 0 Å². The van der Waals surface area contributed by atoms with Crippen LogP contribution >= 0.6 is 11.6 Å². The molecule has 0 aromatic heterocycles. The first kappa shape index (κ1) is 14.2. The molecule has 4 nitrogen and oxygen atoms in total. The van der Waals surface area contributed by atoms with Gasteiger partial charge in [-0.2, -0.15) is 0 Å². The molecule has 1 N–H and O–H groups in total. The van der Waals surface area contributed by atoms with Gasteiger partial charge in [0.05, 0.1) is 5.25 Å². The molecule has 6 heteroatoms. The minimum Gasteiger partial charge on any atom is -0.381 e. The van der Waals surface area contributed by atoms with Gasteiger partial charge in [-0.05, 0) is 32.6 Å². The van der Waals surface area contributed by atoms with Gasteiger partial charge in [0, 0.05) is 25.1 Å². The molecule has 16 heavy (non-hydrogen) atoms. The van der Waals surface area contributed by atoms with E-state index in [1.54, 1.807) is 0 Å². The average molecular weight is 270 g/mol. The number of hydrogen-bond donors (Lipinski definition) is 1. The molecule has 0 aliphatic carbocycles. The van der Waals surface area contributed by atoms with Crippen LogP contribution in [-0.2, 0) is 14.8 Å². The number of alkyl halides is 1. The lowest BCUT2D eigenvalue weighted by Gasteiger charge is -2.24. The predicted molar refractivity (Wildman–Crippen MR) is 65.3 cm³/mol. The lowest BCUT2D eigenvalue weighted by Crippen LogP contribution is -2.42. The van der Waals surface area contributed by atoms with E-state index in [1.807, 2.05) is 6.92 Å². The van der Waals surface area contributed by atoms with Crippen molar-refractivity contribution in [2.45, 2.75) is 43.9 Å². The minimum absolute atomic E-state index is 0.0356. The van der Waals surface area contributed by atoms with Crippen molar-refractivity contribution in [2.75, 3.05) is 19.1 Å². The molecule has 1 aliphatic rings.